The Bertz CT molecular complexity index is 430. The summed E-state index contributed by atoms with van der Waals surface area (Å²) >= 11 is 5.65. The van der Waals surface area contributed by atoms with Gasteiger partial charge in [0.15, 0.2) is 11.6 Å². The third kappa shape index (κ3) is 1.66. The summed E-state index contributed by atoms with van der Waals surface area (Å²) in [5, 5.41) is 12.1. The zero-order chi connectivity index (χ0) is 11.9. The topological polar surface area (TPSA) is 32.3 Å². The summed E-state index contributed by atoms with van der Waals surface area (Å²) in [6.07, 6.45) is 1.61. The smallest absolute Gasteiger partial charge is 0.202 e. The highest BCUT2D eigenvalue weighted by molar-refractivity contribution is 6.32. The highest BCUT2D eigenvalue weighted by Gasteiger charge is 2.35. The molecular weight excluding hydrogens is 236 g/mol. The Morgan fingerprint density at radius 1 is 1.44 bits per heavy atom. The maximum absolute atomic E-state index is 13.7. The maximum atomic E-state index is 13.7. The van der Waals surface area contributed by atoms with Crippen molar-refractivity contribution < 1.29 is 13.9 Å². The molecule has 88 valence electrons. The van der Waals surface area contributed by atoms with Crippen LogP contribution in [0.3, 0.4) is 0 Å². The second kappa shape index (κ2) is 3.86. The molecule has 2 nitrogen and oxygen atoms in total. The molecule has 0 radical (unpaired) electrons. The first-order valence-electron chi connectivity index (χ1n) is 5.08. The van der Waals surface area contributed by atoms with Crippen molar-refractivity contribution in [2.24, 2.45) is 0 Å². The standard InChI is InChI=1S/C11H12ClF2NO/c1-11(3-2-4-15-11)6-5-7(12)10(16)9(14)8(6)13/h5,15-16H,2-4H2,1H3. The molecule has 1 aliphatic rings. The van der Waals surface area contributed by atoms with Crippen LogP contribution in [0.4, 0.5) is 8.78 Å². The van der Waals surface area contributed by atoms with Crippen molar-refractivity contribution in [1.82, 2.24) is 5.32 Å². The molecule has 1 atom stereocenters. The van der Waals surface area contributed by atoms with Crippen molar-refractivity contribution in [3.05, 3.63) is 28.3 Å². The Morgan fingerprint density at radius 2 is 2.12 bits per heavy atom. The average molecular weight is 248 g/mol. The molecule has 0 amide bonds. The highest BCUT2D eigenvalue weighted by atomic mass is 35.5. The van der Waals surface area contributed by atoms with Crippen molar-refractivity contribution in [2.75, 3.05) is 6.54 Å². The van der Waals surface area contributed by atoms with Crippen molar-refractivity contribution in [3.63, 3.8) is 0 Å². The number of benzene rings is 1. The third-order valence-electron chi connectivity index (χ3n) is 3.10. The molecule has 16 heavy (non-hydrogen) atoms. The van der Waals surface area contributed by atoms with Crippen LogP contribution in [0.1, 0.15) is 25.3 Å². The van der Waals surface area contributed by atoms with Gasteiger partial charge in [0.2, 0.25) is 5.82 Å². The van der Waals surface area contributed by atoms with E-state index in [-0.39, 0.29) is 10.6 Å². The van der Waals surface area contributed by atoms with E-state index in [9.17, 15) is 13.9 Å². The first-order chi connectivity index (χ1) is 7.46. The Labute approximate surface area is 97.2 Å². The maximum Gasteiger partial charge on any atom is 0.202 e. The Kier molecular flexibility index (Phi) is 2.80. The Hall–Kier alpha value is -0.870. The number of rotatable bonds is 1. The molecule has 0 spiro atoms. The van der Waals surface area contributed by atoms with Crippen LogP contribution < -0.4 is 5.32 Å². The SMILES string of the molecule is CC1(c2cc(Cl)c(O)c(F)c2F)CCCN1. The molecule has 1 heterocycles. The Morgan fingerprint density at radius 3 is 2.69 bits per heavy atom. The molecule has 5 heteroatoms. The lowest BCUT2D eigenvalue weighted by Gasteiger charge is -2.26. The minimum atomic E-state index is -1.28. The molecule has 2 N–H and O–H groups in total. The van der Waals surface area contributed by atoms with Crippen molar-refractivity contribution in [3.8, 4) is 5.75 Å². The summed E-state index contributed by atoms with van der Waals surface area (Å²) in [5.41, 5.74) is -0.437. The van der Waals surface area contributed by atoms with Crippen LogP contribution in [0.2, 0.25) is 5.02 Å². The lowest BCUT2D eigenvalue weighted by Crippen LogP contribution is -2.34. The van der Waals surface area contributed by atoms with E-state index in [4.69, 9.17) is 11.6 Å². The second-order valence-electron chi connectivity index (χ2n) is 4.24. The van der Waals surface area contributed by atoms with Crippen LogP contribution in [0.25, 0.3) is 0 Å². The van der Waals surface area contributed by atoms with E-state index in [0.29, 0.717) is 6.42 Å². The van der Waals surface area contributed by atoms with Gasteiger partial charge in [0, 0.05) is 11.1 Å². The first kappa shape index (κ1) is 11.6. The molecule has 1 aliphatic heterocycles. The normalized spacial score (nSPS) is 25.0. The van der Waals surface area contributed by atoms with Gasteiger partial charge in [-0.05, 0) is 32.4 Å². The van der Waals surface area contributed by atoms with E-state index < -0.39 is 22.9 Å². The fourth-order valence-corrected chi connectivity index (χ4v) is 2.30. The zero-order valence-electron chi connectivity index (χ0n) is 8.78. The van der Waals surface area contributed by atoms with E-state index in [1.165, 1.54) is 6.07 Å². The molecule has 0 bridgehead atoms. The molecule has 2 rings (SSSR count). The predicted octanol–water partition coefficient (Wildman–Crippen LogP) is 2.92. The second-order valence-corrected chi connectivity index (χ2v) is 4.65. The molecule has 1 saturated heterocycles. The van der Waals surface area contributed by atoms with Crippen LogP contribution in [-0.4, -0.2) is 11.7 Å². The largest absolute Gasteiger partial charge is 0.504 e. The van der Waals surface area contributed by atoms with Crippen molar-refractivity contribution in [1.29, 1.82) is 0 Å². The summed E-state index contributed by atoms with van der Waals surface area (Å²) in [6.45, 7) is 2.56. The summed E-state index contributed by atoms with van der Waals surface area (Å²) < 4.78 is 27.0. The molecule has 0 aromatic heterocycles. The van der Waals surface area contributed by atoms with E-state index >= 15 is 0 Å². The number of phenols is 1. The van der Waals surface area contributed by atoms with Gasteiger partial charge in [0.25, 0.3) is 0 Å². The van der Waals surface area contributed by atoms with Crippen LogP contribution in [0.5, 0.6) is 5.75 Å². The molecule has 1 unspecified atom stereocenters. The quantitative estimate of drug-likeness (QED) is 0.748. The van der Waals surface area contributed by atoms with Gasteiger partial charge >= 0.3 is 0 Å². The van der Waals surface area contributed by atoms with Gasteiger partial charge < -0.3 is 10.4 Å². The zero-order valence-corrected chi connectivity index (χ0v) is 9.54. The van der Waals surface area contributed by atoms with Crippen LogP contribution >= 0.6 is 11.6 Å². The lowest BCUT2D eigenvalue weighted by molar-refractivity contribution is 0.372. The molecule has 1 aromatic rings. The van der Waals surface area contributed by atoms with Crippen LogP contribution in [-0.2, 0) is 5.54 Å². The Balaban J connectivity index is 2.57. The van der Waals surface area contributed by atoms with E-state index in [1.54, 1.807) is 6.92 Å². The van der Waals surface area contributed by atoms with Crippen molar-refractivity contribution in [2.45, 2.75) is 25.3 Å². The van der Waals surface area contributed by atoms with Crippen molar-refractivity contribution >= 4 is 11.6 Å². The molecule has 1 aromatic carbocycles. The number of aromatic hydroxyl groups is 1. The molecule has 1 fully saturated rings. The monoisotopic (exact) mass is 247 g/mol. The fourth-order valence-electron chi connectivity index (χ4n) is 2.11. The first-order valence-corrected chi connectivity index (χ1v) is 5.45. The number of halogens is 3. The summed E-state index contributed by atoms with van der Waals surface area (Å²) in [5.74, 6) is -3.14. The highest BCUT2D eigenvalue weighted by Crippen LogP contribution is 2.38. The van der Waals surface area contributed by atoms with Gasteiger partial charge in [-0.25, -0.2) is 4.39 Å². The molecular formula is C11H12ClF2NO. The van der Waals surface area contributed by atoms with Gasteiger partial charge in [-0.15, -0.1) is 0 Å². The number of phenolic OH excluding ortho intramolecular Hbond substituents is 1. The molecule has 0 aliphatic carbocycles. The predicted molar refractivity (Wildman–Crippen MR) is 57.6 cm³/mol. The number of hydrogen-bond acceptors (Lipinski definition) is 2. The van der Waals surface area contributed by atoms with Crippen LogP contribution in [0.15, 0.2) is 6.07 Å². The lowest BCUT2D eigenvalue weighted by atomic mass is 9.90. The number of hydrogen-bond donors (Lipinski definition) is 2. The summed E-state index contributed by atoms with van der Waals surface area (Å²) in [6, 6.07) is 1.29. The number of nitrogens with one attached hydrogen (secondary N) is 1. The van der Waals surface area contributed by atoms with Gasteiger partial charge in [-0.3, -0.25) is 0 Å². The summed E-state index contributed by atoms with van der Waals surface area (Å²) in [4.78, 5) is 0. The minimum absolute atomic E-state index is 0.163. The molecule has 0 saturated carbocycles. The van der Waals surface area contributed by atoms with Gasteiger partial charge in [0.1, 0.15) is 0 Å². The van der Waals surface area contributed by atoms with Gasteiger partial charge in [-0.1, -0.05) is 11.6 Å². The average Bonchev–Trinajstić information content (AvgIpc) is 2.68. The van der Waals surface area contributed by atoms with E-state index in [2.05, 4.69) is 5.32 Å². The van der Waals surface area contributed by atoms with Crippen LogP contribution in [0, 0.1) is 11.6 Å². The fraction of sp³-hybridized carbons (Fsp3) is 0.455. The third-order valence-corrected chi connectivity index (χ3v) is 3.39. The summed E-state index contributed by atoms with van der Waals surface area (Å²) in [7, 11) is 0. The minimum Gasteiger partial charge on any atom is -0.504 e. The van der Waals surface area contributed by atoms with Gasteiger partial charge in [0.05, 0.1) is 5.02 Å². The van der Waals surface area contributed by atoms with E-state index in [0.717, 1.165) is 13.0 Å². The van der Waals surface area contributed by atoms with Gasteiger partial charge in [-0.2, -0.15) is 4.39 Å². The van der Waals surface area contributed by atoms with E-state index in [1.807, 2.05) is 0 Å².